The first-order chi connectivity index (χ1) is 10.3. The maximum atomic E-state index is 6.19. The van der Waals surface area contributed by atoms with E-state index >= 15 is 0 Å². The highest BCUT2D eigenvalue weighted by atomic mass is 35.5. The largest absolute Gasteiger partial charge is 0.357 e. The van der Waals surface area contributed by atoms with E-state index in [1.54, 1.807) is 17.6 Å². The molecule has 0 radical (unpaired) electrons. The zero-order valence-corrected chi connectivity index (χ0v) is 15.5. The lowest BCUT2D eigenvalue weighted by Gasteiger charge is -2.25. The summed E-state index contributed by atoms with van der Waals surface area (Å²) >= 11 is 12.9. The van der Waals surface area contributed by atoms with E-state index in [1.807, 2.05) is 20.8 Å². The third-order valence-corrected chi connectivity index (χ3v) is 4.71. The average Bonchev–Trinajstić information content (AvgIpc) is 2.79. The van der Waals surface area contributed by atoms with Gasteiger partial charge in [-0.25, -0.2) is 4.98 Å². The molecule has 2 heterocycles. The molecule has 8 heteroatoms. The molecule has 22 heavy (non-hydrogen) atoms. The topological polar surface area (TPSA) is 52.6 Å². The van der Waals surface area contributed by atoms with Crippen LogP contribution in [0.4, 0.5) is 5.13 Å². The van der Waals surface area contributed by atoms with Crippen LogP contribution in [0, 0.1) is 0 Å². The number of nitrogens with zero attached hydrogens (tertiary/aromatic N) is 3. The Morgan fingerprint density at radius 2 is 2.05 bits per heavy atom. The molecular weight excluding hydrogens is 338 g/mol. The van der Waals surface area contributed by atoms with Crippen molar-refractivity contribution in [3.63, 3.8) is 0 Å². The van der Waals surface area contributed by atoms with Crippen LogP contribution in [0.3, 0.4) is 0 Å². The Kier molecular flexibility index (Phi) is 6.00. The second-order valence-corrected chi connectivity index (χ2v) is 8.05. The minimum atomic E-state index is -0.0941. The molecule has 0 aromatic carbocycles. The molecule has 1 aliphatic heterocycles. The van der Waals surface area contributed by atoms with Crippen LogP contribution in [0.1, 0.15) is 44.9 Å². The van der Waals surface area contributed by atoms with Gasteiger partial charge < -0.3 is 10.2 Å². The number of aromatic nitrogens is 1. The number of rotatable bonds is 3. The van der Waals surface area contributed by atoms with E-state index in [2.05, 4.69) is 25.7 Å². The van der Waals surface area contributed by atoms with Crippen LogP contribution in [-0.4, -0.2) is 34.9 Å². The number of hydrogen-bond donors (Lipinski definition) is 2. The van der Waals surface area contributed by atoms with E-state index < -0.39 is 0 Å². The summed E-state index contributed by atoms with van der Waals surface area (Å²) in [7, 11) is 0. The molecule has 1 fully saturated rings. The van der Waals surface area contributed by atoms with Crippen molar-refractivity contribution >= 4 is 51.6 Å². The molecular formula is C14H22ClN5S2. The monoisotopic (exact) mass is 359 g/mol. The van der Waals surface area contributed by atoms with Crippen molar-refractivity contribution in [3.05, 3.63) is 10.0 Å². The summed E-state index contributed by atoms with van der Waals surface area (Å²) in [6, 6.07) is 0. The van der Waals surface area contributed by atoms with Gasteiger partial charge in [0.15, 0.2) is 15.4 Å². The predicted molar refractivity (Wildman–Crippen MR) is 99.4 cm³/mol. The molecule has 2 N–H and O–H groups in total. The highest BCUT2D eigenvalue weighted by molar-refractivity contribution is 7.80. The lowest BCUT2D eigenvalue weighted by molar-refractivity contribution is 0.508. The Hall–Kier alpha value is -0.920. The van der Waals surface area contributed by atoms with Crippen molar-refractivity contribution < 1.29 is 0 Å². The summed E-state index contributed by atoms with van der Waals surface area (Å²) in [5.74, 6) is 0. The highest BCUT2D eigenvalue weighted by Gasteiger charge is 2.16. The van der Waals surface area contributed by atoms with Crippen LogP contribution < -0.4 is 15.6 Å². The molecule has 5 nitrogen and oxygen atoms in total. The van der Waals surface area contributed by atoms with Gasteiger partial charge in [0.2, 0.25) is 0 Å². The molecule has 0 aliphatic carbocycles. The quantitative estimate of drug-likeness (QED) is 0.492. The SMILES string of the molecule is CC(C)(C)NC(=S)N/N=C\c1sc(N2CCCCC2)nc1Cl. The standard InChI is InChI=1S/C14H22ClN5S2/c1-14(2,3)18-12(21)19-16-9-10-11(15)17-13(22-10)20-7-5-4-6-8-20/h9H,4-8H2,1-3H3,(H2,18,19,21)/b16-9-. The fourth-order valence-corrected chi connectivity index (χ4v) is 3.65. The number of nitrogens with one attached hydrogen (secondary N) is 2. The first-order valence-electron chi connectivity index (χ1n) is 7.38. The highest BCUT2D eigenvalue weighted by Crippen LogP contribution is 2.30. The first kappa shape index (κ1) is 17.4. The molecule has 0 unspecified atom stereocenters. The first-order valence-corrected chi connectivity index (χ1v) is 8.98. The van der Waals surface area contributed by atoms with Gasteiger partial charge in [-0.1, -0.05) is 22.9 Å². The summed E-state index contributed by atoms with van der Waals surface area (Å²) < 4.78 is 0. The minimum Gasteiger partial charge on any atom is -0.357 e. The van der Waals surface area contributed by atoms with Crippen molar-refractivity contribution in [3.8, 4) is 0 Å². The van der Waals surface area contributed by atoms with E-state index in [0.717, 1.165) is 23.1 Å². The van der Waals surface area contributed by atoms with Crippen molar-refractivity contribution in [2.24, 2.45) is 5.10 Å². The van der Waals surface area contributed by atoms with Crippen molar-refractivity contribution in [2.75, 3.05) is 18.0 Å². The van der Waals surface area contributed by atoms with E-state index in [9.17, 15) is 0 Å². The van der Waals surface area contributed by atoms with Crippen molar-refractivity contribution in [1.29, 1.82) is 0 Å². The molecule has 1 aromatic heterocycles. The maximum absolute atomic E-state index is 6.19. The average molecular weight is 360 g/mol. The van der Waals surface area contributed by atoms with E-state index in [4.69, 9.17) is 23.8 Å². The Balaban J connectivity index is 1.93. The fourth-order valence-electron chi connectivity index (χ4n) is 2.12. The molecule has 0 spiro atoms. The third kappa shape index (κ3) is 5.37. The van der Waals surface area contributed by atoms with Crippen molar-refractivity contribution in [1.82, 2.24) is 15.7 Å². The zero-order chi connectivity index (χ0) is 16.2. The molecule has 0 saturated carbocycles. The molecule has 0 bridgehead atoms. The number of thiazole rings is 1. The zero-order valence-electron chi connectivity index (χ0n) is 13.1. The van der Waals surface area contributed by atoms with Crippen LogP contribution in [0.5, 0.6) is 0 Å². The summed E-state index contributed by atoms with van der Waals surface area (Å²) in [4.78, 5) is 7.56. The van der Waals surface area contributed by atoms with Gasteiger partial charge in [0.1, 0.15) is 0 Å². The Morgan fingerprint density at radius 3 is 2.68 bits per heavy atom. The van der Waals surface area contributed by atoms with Crippen LogP contribution in [0.25, 0.3) is 0 Å². The van der Waals surface area contributed by atoms with E-state index in [-0.39, 0.29) is 5.54 Å². The van der Waals surface area contributed by atoms with Gasteiger partial charge in [-0.3, -0.25) is 5.43 Å². The smallest absolute Gasteiger partial charge is 0.187 e. The second kappa shape index (κ2) is 7.57. The molecule has 2 rings (SSSR count). The molecule has 1 aliphatic rings. The summed E-state index contributed by atoms with van der Waals surface area (Å²) in [5.41, 5.74) is 2.71. The van der Waals surface area contributed by atoms with Gasteiger partial charge in [-0.05, 0) is 52.3 Å². The Labute approximate surface area is 146 Å². The van der Waals surface area contributed by atoms with Crippen LogP contribution in [0.15, 0.2) is 5.10 Å². The molecule has 0 amide bonds. The third-order valence-electron chi connectivity index (χ3n) is 3.06. The fraction of sp³-hybridized carbons (Fsp3) is 0.643. The van der Waals surface area contributed by atoms with Gasteiger partial charge in [0, 0.05) is 18.6 Å². The van der Waals surface area contributed by atoms with Gasteiger partial charge >= 0.3 is 0 Å². The molecule has 1 saturated heterocycles. The summed E-state index contributed by atoms with van der Waals surface area (Å²) in [6.07, 6.45) is 5.40. The maximum Gasteiger partial charge on any atom is 0.187 e. The number of hydrogen-bond acceptors (Lipinski definition) is 5. The Bertz CT molecular complexity index is 544. The van der Waals surface area contributed by atoms with E-state index in [1.165, 1.54) is 19.3 Å². The lowest BCUT2D eigenvalue weighted by Crippen LogP contribution is -2.44. The van der Waals surface area contributed by atoms with Crippen LogP contribution in [-0.2, 0) is 0 Å². The second-order valence-electron chi connectivity index (χ2n) is 6.27. The van der Waals surface area contributed by atoms with Crippen LogP contribution >= 0.6 is 35.2 Å². The minimum absolute atomic E-state index is 0.0941. The number of thiocarbonyl (C=S) groups is 1. The number of halogens is 1. The van der Waals surface area contributed by atoms with Gasteiger partial charge in [0.25, 0.3) is 0 Å². The van der Waals surface area contributed by atoms with Gasteiger partial charge in [-0.15, -0.1) is 0 Å². The van der Waals surface area contributed by atoms with Crippen molar-refractivity contribution in [2.45, 2.75) is 45.6 Å². The number of anilines is 1. The lowest BCUT2D eigenvalue weighted by atomic mass is 10.1. The number of hydrazone groups is 1. The molecule has 122 valence electrons. The summed E-state index contributed by atoms with van der Waals surface area (Å²) in [5, 5.41) is 9.22. The van der Waals surface area contributed by atoms with E-state index in [0.29, 0.717) is 10.3 Å². The number of piperidine rings is 1. The van der Waals surface area contributed by atoms with Gasteiger partial charge in [-0.2, -0.15) is 5.10 Å². The predicted octanol–water partition coefficient (Wildman–Crippen LogP) is 3.38. The molecule has 1 aromatic rings. The van der Waals surface area contributed by atoms with Gasteiger partial charge in [0.05, 0.1) is 11.1 Å². The van der Waals surface area contributed by atoms with Crippen LogP contribution in [0.2, 0.25) is 5.15 Å². The Morgan fingerprint density at radius 1 is 1.36 bits per heavy atom. The summed E-state index contributed by atoms with van der Waals surface area (Å²) in [6.45, 7) is 8.22. The normalized spacial score (nSPS) is 16.1. The molecule has 0 atom stereocenters.